The van der Waals surface area contributed by atoms with Crippen LogP contribution in [0.15, 0.2) is 57.6 Å². The van der Waals surface area contributed by atoms with Crippen LogP contribution in [-0.2, 0) is 14.4 Å². The lowest BCUT2D eigenvalue weighted by Crippen LogP contribution is -2.42. The van der Waals surface area contributed by atoms with E-state index in [4.69, 9.17) is 28.4 Å². The van der Waals surface area contributed by atoms with Crippen molar-refractivity contribution in [3.8, 4) is 34.3 Å². The van der Waals surface area contributed by atoms with E-state index in [1.54, 1.807) is 14.2 Å². The number of benzene rings is 2. The van der Waals surface area contributed by atoms with Gasteiger partial charge in [-0.05, 0) is 177 Å². The average molecular weight is 1040 g/mol. The summed E-state index contributed by atoms with van der Waals surface area (Å²) in [6, 6.07) is 16.3. The molecule has 6 saturated heterocycles. The van der Waals surface area contributed by atoms with E-state index >= 15 is 0 Å². The zero-order chi connectivity index (χ0) is 52.5. The van der Waals surface area contributed by atoms with Gasteiger partial charge in [-0.2, -0.15) is 9.97 Å². The van der Waals surface area contributed by atoms with Gasteiger partial charge >= 0.3 is 12.0 Å². The SMILES string of the molecule is COc1ccc(-c2noc(N3CCC(C(=O)NC[C@@H]4CCN(C[C@H]5CCCN(C)C5)C4)CC3)n2)cc1.COc1ccc(-c2noc(N3CCC(C(=O)NC[C@@H]4CCN(C[C@H]5CCCN(C)C5)C4)CC3)n2)cc1.O=CO. The monoisotopic (exact) mass is 1040 g/mol. The summed E-state index contributed by atoms with van der Waals surface area (Å²) in [6.07, 6.45) is 10.9. The number of hydrogen-bond donors (Lipinski definition) is 3. The van der Waals surface area contributed by atoms with E-state index in [1.165, 1.54) is 90.9 Å². The number of ether oxygens (including phenoxy) is 2. The minimum Gasteiger partial charge on any atom is -0.497 e. The van der Waals surface area contributed by atoms with Crippen molar-refractivity contribution in [2.45, 2.75) is 64.2 Å². The predicted octanol–water partition coefficient (Wildman–Crippen LogP) is 5.18. The molecule has 6 fully saturated rings. The lowest BCUT2D eigenvalue weighted by Gasteiger charge is -2.32. The van der Waals surface area contributed by atoms with E-state index in [0.717, 1.165) is 113 Å². The van der Waals surface area contributed by atoms with Gasteiger partial charge in [0.15, 0.2) is 0 Å². The van der Waals surface area contributed by atoms with Crippen LogP contribution in [0.25, 0.3) is 22.8 Å². The fourth-order valence-electron chi connectivity index (χ4n) is 11.9. The number of piperidine rings is 4. The van der Waals surface area contributed by atoms with Gasteiger partial charge in [-0.3, -0.25) is 14.4 Å². The molecule has 0 aliphatic carbocycles. The molecule has 75 heavy (non-hydrogen) atoms. The van der Waals surface area contributed by atoms with Gasteiger partial charge in [0.25, 0.3) is 6.47 Å². The van der Waals surface area contributed by atoms with E-state index in [2.05, 4.69) is 74.4 Å². The van der Waals surface area contributed by atoms with Crippen LogP contribution < -0.4 is 29.9 Å². The summed E-state index contributed by atoms with van der Waals surface area (Å²) < 4.78 is 21.5. The molecule has 0 unspecified atom stereocenters. The van der Waals surface area contributed by atoms with Crippen LogP contribution in [0.3, 0.4) is 0 Å². The fourth-order valence-corrected chi connectivity index (χ4v) is 11.9. The lowest BCUT2D eigenvalue weighted by molar-refractivity contribution is -0.126. The minimum atomic E-state index is -0.250. The normalized spacial score (nSPS) is 23.4. The van der Waals surface area contributed by atoms with Gasteiger partial charge in [-0.15, -0.1) is 0 Å². The molecule has 6 aliphatic heterocycles. The first kappa shape index (κ1) is 55.4. The molecule has 2 aromatic heterocycles. The van der Waals surface area contributed by atoms with Crippen LogP contribution in [0.4, 0.5) is 12.0 Å². The number of nitrogens with zero attached hydrogens (tertiary/aromatic N) is 10. The van der Waals surface area contributed by atoms with E-state index in [9.17, 15) is 9.59 Å². The Hall–Kier alpha value is -5.83. The molecule has 0 bridgehead atoms. The summed E-state index contributed by atoms with van der Waals surface area (Å²) in [5, 5.41) is 21.7. The molecule has 2 aromatic carbocycles. The Morgan fingerprint density at radius 3 is 1.32 bits per heavy atom. The summed E-state index contributed by atoms with van der Waals surface area (Å²) in [4.78, 5) is 57.6. The van der Waals surface area contributed by atoms with Crippen LogP contribution in [0, 0.1) is 35.5 Å². The van der Waals surface area contributed by atoms with Crippen molar-refractivity contribution >= 4 is 30.3 Å². The Morgan fingerprint density at radius 2 is 0.960 bits per heavy atom. The maximum absolute atomic E-state index is 12.9. The number of anilines is 2. The molecule has 6 aliphatic rings. The highest BCUT2D eigenvalue weighted by Crippen LogP contribution is 2.29. The number of carboxylic acid groups (broad SMARTS) is 1. The second-order valence-corrected chi connectivity index (χ2v) is 21.7. The number of aromatic nitrogens is 4. The first-order valence-electron chi connectivity index (χ1n) is 27.5. The quantitative estimate of drug-likeness (QED) is 0.123. The van der Waals surface area contributed by atoms with Crippen molar-refractivity contribution in [3.63, 3.8) is 0 Å². The Labute approximate surface area is 442 Å². The highest BCUT2D eigenvalue weighted by atomic mass is 16.5. The summed E-state index contributed by atoms with van der Waals surface area (Å²) in [5.41, 5.74) is 1.77. The van der Waals surface area contributed by atoms with Gasteiger partial charge in [-0.25, -0.2) is 0 Å². The zero-order valence-electron chi connectivity index (χ0n) is 44.8. The van der Waals surface area contributed by atoms with Gasteiger partial charge in [0.05, 0.1) is 14.2 Å². The molecule has 3 N–H and O–H groups in total. The van der Waals surface area contributed by atoms with Crippen molar-refractivity contribution in [2.24, 2.45) is 35.5 Å². The second-order valence-electron chi connectivity index (χ2n) is 21.7. The second kappa shape index (κ2) is 27.8. The van der Waals surface area contributed by atoms with Crippen LogP contribution in [0.2, 0.25) is 0 Å². The highest BCUT2D eigenvalue weighted by Gasteiger charge is 2.33. The standard InChI is InChI=1S/2C27H40N6O3.CH2O2/c2*1-31-12-3-4-21(17-31)19-32-13-9-20(18-32)16-28-26(34)23-10-14-33(15-11-23)27-29-25(30-36-27)22-5-7-24(35-2)8-6-22;2-1-3/h2*5-8,20-21,23H,3-4,9-19H2,1-2H3,(H,28,34);1H,(H,2,3)/t2*20-,21-;/m00./s1. The number of amides is 2. The summed E-state index contributed by atoms with van der Waals surface area (Å²) >= 11 is 0. The van der Waals surface area contributed by atoms with Crippen molar-refractivity contribution in [1.29, 1.82) is 0 Å². The minimum absolute atomic E-state index is 0.0560. The molecule has 20 heteroatoms. The molecule has 10 rings (SSSR count). The van der Waals surface area contributed by atoms with E-state index < -0.39 is 0 Å². The van der Waals surface area contributed by atoms with Crippen molar-refractivity contribution in [3.05, 3.63) is 48.5 Å². The Bertz CT molecular complexity index is 2190. The number of carbonyl (C=O) groups is 3. The van der Waals surface area contributed by atoms with Crippen LogP contribution >= 0.6 is 0 Å². The molecule has 410 valence electrons. The first-order valence-corrected chi connectivity index (χ1v) is 27.5. The fraction of sp³-hybridized carbons (Fsp3) is 0.655. The number of hydrogen-bond acceptors (Lipinski definition) is 17. The largest absolute Gasteiger partial charge is 0.497 e. The number of carbonyl (C=O) groups excluding carboxylic acids is 2. The molecule has 20 nitrogen and oxygen atoms in total. The van der Waals surface area contributed by atoms with Crippen LogP contribution in [0.1, 0.15) is 64.2 Å². The Balaban J connectivity index is 0.000000189. The molecular weight excluding hydrogens is 957 g/mol. The molecule has 8 heterocycles. The van der Waals surface area contributed by atoms with Gasteiger partial charge in [0, 0.05) is 101 Å². The molecule has 4 atom stereocenters. The molecule has 4 aromatic rings. The van der Waals surface area contributed by atoms with Crippen molar-refractivity contribution < 1.29 is 38.0 Å². The Morgan fingerprint density at radius 1 is 0.573 bits per heavy atom. The third kappa shape index (κ3) is 16.1. The zero-order valence-corrected chi connectivity index (χ0v) is 44.8. The molecule has 0 saturated carbocycles. The van der Waals surface area contributed by atoms with E-state index in [-0.39, 0.29) is 30.1 Å². The lowest BCUT2D eigenvalue weighted by atomic mass is 9.96. The van der Waals surface area contributed by atoms with Gasteiger partial charge in [-0.1, -0.05) is 10.3 Å². The smallest absolute Gasteiger partial charge is 0.324 e. The summed E-state index contributed by atoms with van der Waals surface area (Å²) in [5.74, 6) is 5.97. The van der Waals surface area contributed by atoms with Gasteiger partial charge < -0.3 is 63.7 Å². The van der Waals surface area contributed by atoms with Crippen LogP contribution in [-0.4, -0.2) is 196 Å². The van der Waals surface area contributed by atoms with Gasteiger partial charge in [0.1, 0.15) is 11.5 Å². The number of methoxy groups -OCH3 is 2. The average Bonchev–Trinajstić information content (AvgIpc) is 4.30. The predicted molar refractivity (Wildman–Crippen MR) is 287 cm³/mol. The Kier molecular flexibility index (Phi) is 20.5. The van der Waals surface area contributed by atoms with E-state index in [0.29, 0.717) is 35.5 Å². The number of nitrogens with one attached hydrogen (secondary N) is 2. The van der Waals surface area contributed by atoms with E-state index in [1.807, 2.05) is 48.5 Å². The maximum atomic E-state index is 12.9. The third-order valence-electron chi connectivity index (χ3n) is 16.1. The summed E-state index contributed by atoms with van der Waals surface area (Å²) in [6.45, 7) is 16.3. The van der Waals surface area contributed by atoms with Crippen molar-refractivity contribution in [2.75, 3.05) is 143 Å². The van der Waals surface area contributed by atoms with Gasteiger partial charge in [0.2, 0.25) is 23.5 Å². The number of rotatable bonds is 16. The van der Waals surface area contributed by atoms with Crippen LogP contribution in [0.5, 0.6) is 11.5 Å². The molecule has 0 radical (unpaired) electrons. The molecule has 0 spiro atoms. The number of likely N-dealkylation sites (tertiary alicyclic amines) is 4. The van der Waals surface area contributed by atoms with Crippen molar-refractivity contribution in [1.82, 2.24) is 50.5 Å². The topological polar surface area (TPSA) is 211 Å². The molecule has 2 amide bonds. The first-order chi connectivity index (χ1) is 36.6. The third-order valence-corrected chi connectivity index (χ3v) is 16.1. The molecular formula is C55H82N12O8. The highest BCUT2D eigenvalue weighted by molar-refractivity contribution is 5.79. The maximum Gasteiger partial charge on any atom is 0.324 e. The summed E-state index contributed by atoms with van der Waals surface area (Å²) in [7, 11) is 7.76.